The van der Waals surface area contributed by atoms with E-state index >= 15 is 0 Å². The number of pyridine rings is 2. The van der Waals surface area contributed by atoms with Gasteiger partial charge in [-0.05, 0) is 73.8 Å². The highest BCUT2D eigenvalue weighted by Gasteiger charge is 2.25. The molecule has 0 bridgehead atoms. The Morgan fingerprint density at radius 3 is 2.54 bits per heavy atom. The van der Waals surface area contributed by atoms with Crippen molar-refractivity contribution in [3.05, 3.63) is 64.3 Å². The van der Waals surface area contributed by atoms with Crippen molar-refractivity contribution in [3.8, 4) is 22.9 Å². The summed E-state index contributed by atoms with van der Waals surface area (Å²) in [6.07, 6.45) is 2.76. The summed E-state index contributed by atoms with van der Waals surface area (Å²) < 4.78 is 20.2. The molecule has 1 aromatic carbocycles. The van der Waals surface area contributed by atoms with Gasteiger partial charge in [0.15, 0.2) is 6.17 Å². The molecule has 4 heterocycles. The maximum Gasteiger partial charge on any atom is 0.220 e. The SMILES string of the molecule is CC(=O)NCC1CCN(Cc2cc(Oc3ccc(N4CCC(=N)[C@@H](F)C4)nc3)nc(-c3cc(Cl)cc(Cl)c3)c2)CC1. The van der Waals surface area contributed by atoms with Crippen molar-refractivity contribution >= 4 is 40.6 Å². The lowest BCUT2D eigenvalue weighted by molar-refractivity contribution is -0.119. The third-order valence-corrected chi connectivity index (χ3v) is 7.89. The van der Waals surface area contributed by atoms with E-state index in [0.717, 1.165) is 50.1 Å². The molecule has 216 valence electrons. The zero-order chi connectivity index (χ0) is 28.9. The number of rotatable bonds is 8. The second-order valence-corrected chi connectivity index (χ2v) is 11.5. The summed E-state index contributed by atoms with van der Waals surface area (Å²) in [5.41, 5.74) is 2.65. The first-order valence-electron chi connectivity index (χ1n) is 13.8. The second kappa shape index (κ2) is 13.1. The average Bonchev–Trinajstić information content (AvgIpc) is 2.94. The van der Waals surface area contributed by atoms with Crippen LogP contribution in [0, 0.1) is 11.3 Å². The number of piperidine rings is 2. The average molecular weight is 600 g/mol. The molecule has 8 nitrogen and oxygen atoms in total. The highest BCUT2D eigenvalue weighted by atomic mass is 35.5. The molecule has 1 atom stereocenters. The van der Waals surface area contributed by atoms with Crippen LogP contribution in [-0.2, 0) is 11.3 Å². The Morgan fingerprint density at radius 1 is 1.12 bits per heavy atom. The Kier molecular flexibility index (Phi) is 9.37. The van der Waals surface area contributed by atoms with Crippen LogP contribution in [0.15, 0.2) is 48.7 Å². The summed E-state index contributed by atoms with van der Waals surface area (Å²) in [6, 6.07) is 12.9. The molecule has 1 amide bonds. The Morgan fingerprint density at radius 2 is 1.88 bits per heavy atom. The lowest BCUT2D eigenvalue weighted by atomic mass is 9.96. The van der Waals surface area contributed by atoms with Crippen LogP contribution < -0.4 is 15.0 Å². The van der Waals surface area contributed by atoms with Crippen LogP contribution in [0.5, 0.6) is 11.6 Å². The molecule has 2 saturated heterocycles. The Balaban J connectivity index is 1.33. The van der Waals surface area contributed by atoms with E-state index in [9.17, 15) is 9.18 Å². The number of carbonyl (C=O) groups is 1. The Hall–Kier alpha value is -3.27. The zero-order valence-corrected chi connectivity index (χ0v) is 24.4. The third-order valence-electron chi connectivity index (χ3n) is 7.45. The van der Waals surface area contributed by atoms with Crippen LogP contribution in [-0.4, -0.2) is 65.4 Å². The number of carbonyl (C=O) groups excluding carboxylic acids is 1. The molecule has 11 heteroatoms. The number of nitrogens with one attached hydrogen (secondary N) is 2. The lowest BCUT2D eigenvalue weighted by Gasteiger charge is -2.32. The molecule has 0 unspecified atom stereocenters. The van der Waals surface area contributed by atoms with E-state index in [-0.39, 0.29) is 18.2 Å². The number of hydrogen-bond donors (Lipinski definition) is 2. The van der Waals surface area contributed by atoms with Crippen molar-refractivity contribution in [2.45, 2.75) is 38.9 Å². The molecular formula is C30H33Cl2FN6O2. The molecule has 41 heavy (non-hydrogen) atoms. The van der Waals surface area contributed by atoms with Gasteiger partial charge in [0.1, 0.15) is 11.6 Å². The predicted molar refractivity (Wildman–Crippen MR) is 160 cm³/mol. The fraction of sp³-hybridized carbons (Fsp3) is 0.400. The molecule has 0 aliphatic carbocycles. The van der Waals surface area contributed by atoms with Crippen LogP contribution in [0.4, 0.5) is 10.2 Å². The second-order valence-electron chi connectivity index (χ2n) is 10.7. The van der Waals surface area contributed by atoms with Crippen LogP contribution in [0.3, 0.4) is 0 Å². The minimum Gasteiger partial charge on any atom is -0.437 e. The molecule has 2 aliphatic heterocycles. The highest BCUT2D eigenvalue weighted by Crippen LogP contribution is 2.31. The summed E-state index contributed by atoms with van der Waals surface area (Å²) in [5, 5.41) is 11.6. The van der Waals surface area contributed by atoms with E-state index in [2.05, 4.69) is 15.2 Å². The molecule has 0 spiro atoms. The molecular weight excluding hydrogens is 566 g/mol. The normalized spacial score (nSPS) is 18.4. The summed E-state index contributed by atoms with van der Waals surface area (Å²) in [5.74, 6) is 2.06. The minimum atomic E-state index is -1.27. The number of likely N-dealkylation sites (tertiary alicyclic amines) is 1. The highest BCUT2D eigenvalue weighted by molar-refractivity contribution is 6.35. The molecule has 2 aliphatic rings. The molecule has 0 radical (unpaired) electrons. The van der Waals surface area contributed by atoms with Crippen LogP contribution >= 0.6 is 23.2 Å². The van der Waals surface area contributed by atoms with Gasteiger partial charge in [0.2, 0.25) is 11.8 Å². The molecule has 2 N–H and O–H groups in total. The fourth-order valence-corrected chi connectivity index (χ4v) is 5.73. The van der Waals surface area contributed by atoms with Gasteiger partial charge in [0, 0.05) is 60.4 Å². The first-order valence-corrected chi connectivity index (χ1v) is 14.5. The summed E-state index contributed by atoms with van der Waals surface area (Å²) >= 11 is 12.6. The first kappa shape index (κ1) is 29.2. The van der Waals surface area contributed by atoms with E-state index in [1.54, 1.807) is 31.3 Å². The van der Waals surface area contributed by atoms with Gasteiger partial charge in [-0.1, -0.05) is 23.2 Å². The largest absolute Gasteiger partial charge is 0.437 e. The number of aromatic nitrogens is 2. The molecule has 3 aromatic rings. The number of amides is 1. The zero-order valence-electron chi connectivity index (χ0n) is 22.9. The number of nitrogens with zero attached hydrogens (tertiary/aromatic N) is 4. The van der Waals surface area contributed by atoms with E-state index in [0.29, 0.717) is 52.1 Å². The van der Waals surface area contributed by atoms with E-state index in [1.807, 2.05) is 29.2 Å². The fourth-order valence-electron chi connectivity index (χ4n) is 5.20. The van der Waals surface area contributed by atoms with Gasteiger partial charge < -0.3 is 20.4 Å². The van der Waals surface area contributed by atoms with Gasteiger partial charge in [-0.15, -0.1) is 0 Å². The van der Waals surface area contributed by atoms with E-state index in [1.165, 1.54) is 0 Å². The molecule has 0 saturated carbocycles. The van der Waals surface area contributed by atoms with Gasteiger partial charge in [0.05, 0.1) is 18.4 Å². The Bertz CT molecular complexity index is 1380. The van der Waals surface area contributed by atoms with Crippen molar-refractivity contribution in [1.82, 2.24) is 20.2 Å². The lowest BCUT2D eigenvalue weighted by Crippen LogP contribution is -2.42. The number of halogens is 3. The van der Waals surface area contributed by atoms with Gasteiger partial charge in [-0.3, -0.25) is 9.69 Å². The standard InChI is InChI=1S/C30H33Cl2FN6O2/c1-19(40)35-15-20-4-7-38(8-5-20)17-21-10-28(22-12-23(31)14-24(32)13-22)37-30(11-21)41-25-2-3-29(36-16-25)39-9-6-27(34)26(33)18-39/h2-3,10-14,16,20,26,34H,4-9,15,17-18H2,1H3,(H,35,40)/t26-/m0/s1. The summed E-state index contributed by atoms with van der Waals surface area (Å²) in [7, 11) is 0. The van der Waals surface area contributed by atoms with Crippen LogP contribution in [0.25, 0.3) is 11.3 Å². The number of hydrogen-bond acceptors (Lipinski definition) is 7. The van der Waals surface area contributed by atoms with Gasteiger partial charge >= 0.3 is 0 Å². The number of benzene rings is 1. The quantitative estimate of drug-likeness (QED) is 0.322. The monoisotopic (exact) mass is 598 g/mol. The van der Waals surface area contributed by atoms with Crippen LogP contribution in [0.2, 0.25) is 10.0 Å². The van der Waals surface area contributed by atoms with Gasteiger partial charge in [0.25, 0.3) is 0 Å². The molecule has 2 aromatic heterocycles. The predicted octanol–water partition coefficient (Wildman–Crippen LogP) is 6.16. The maximum absolute atomic E-state index is 14.0. The van der Waals surface area contributed by atoms with Crippen molar-refractivity contribution < 1.29 is 13.9 Å². The minimum absolute atomic E-state index is 0.0107. The number of ether oxygens (including phenoxy) is 1. The number of alkyl halides is 1. The Labute approximate surface area is 249 Å². The molecule has 5 rings (SSSR count). The molecule has 2 fully saturated rings. The summed E-state index contributed by atoms with van der Waals surface area (Å²) in [6.45, 7) is 5.55. The van der Waals surface area contributed by atoms with E-state index < -0.39 is 6.17 Å². The third kappa shape index (κ3) is 7.93. The first-order chi connectivity index (χ1) is 19.7. The van der Waals surface area contributed by atoms with Crippen molar-refractivity contribution in [1.29, 1.82) is 5.41 Å². The van der Waals surface area contributed by atoms with Crippen molar-refractivity contribution in [3.63, 3.8) is 0 Å². The van der Waals surface area contributed by atoms with Gasteiger partial charge in [-0.25, -0.2) is 14.4 Å². The maximum atomic E-state index is 14.0. The van der Waals surface area contributed by atoms with Crippen molar-refractivity contribution in [2.75, 3.05) is 37.6 Å². The van der Waals surface area contributed by atoms with Crippen LogP contribution in [0.1, 0.15) is 31.7 Å². The van der Waals surface area contributed by atoms with Gasteiger partial charge in [-0.2, -0.15) is 0 Å². The summed E-state index contributed by atoms with van der Waals surface area (Å²) in [4.78, 5) is 24.7. The van der Waals surface area contributed by atoms with Crippen molar-refractivity contribution in [2.24, 2.45) is 5.92 Å². The topological polar surface area (TPSA) is 94.4 Å². The number of anilines is 1. The smallest absolute Gasteiger partial charge is 0.220 e. The van der Waals surface area contributed by atoms with E-state index in [4.69, 9.17) is 38.3 Å².